The summed E-state index contributed by atoms with van der Waals surface area (Å²) in [7, 11) is 2.13. The van der Waals surface area contributed by atoms with Crippen molar-refractivity contribution in [3.8, 4) is 0 Å². The first-order chi connectivity index (χ1) is 5.70. The predicted molar refractivity (Wildman–Crippen MR) is 50.2 cm³/mol. The highest BCUT2D eigenvalue weighted by atomic mass is 15.0. The smallest absolute Gasteiger partial charge is 0.0350 e. The zero-order valence-corrected chi connectivity index (χ0v) is 8.02. The summed E-state index contributed by atoms with van der Waals surface area (Å²) in [4.78, 5) is 0. The van der Waals surface area contributed by atoms with Gasteiger partial charge in [-0.2, -0.15) is 0 Å². The highest BCUT2D eigenvalue weighted by Gasteiger charge is 2.22. The van der Waals surface area contributed by atoms with E-state index in [1.54, 1.807) is 0 Å². The SMILES string of the molecule is Cc1cc([C@H]2CCN2)c(C)n1C. The molecule has 1 saturated heterocycles. The van der Waals surface area contributed by atoms with E-state index < -0.39 is 0 Å². The van der Waals surface area contributed by atoms with Crippen LogP contribution in [-0.4, -0.2) is 11.1 Å². The Labute approximate surface area is 73.6 Å². The van der Waals surface area contributed by atoms with Gasteiger partial charge in [0, 0.05) is 24.5 Å². The van der Waals surface area contributed by atoms with Gasteiger partial charge < -0.3 is 9.88 Å². The molecule has 2 heteroatoms. The largest absolute Gasteiger partial charge is 0.352 e. The van der Waals surface area contributed by atoms with Crippen LogP contribution in [0, 0.1) is 13.8 Å². The zero-order valence-electron chi connectivity index (χ0n) is 8.02. The monoisotopic (exact) mass is 164 g/mol. The van der Waals surface area contributed by atoms with Gasteiger partial charge in [-0.25, -0.2) is 0 Å². The predicted octanol–water partition coefficient (Wildman–Crippen LogP) is 1.68. The van der Waals surface area contributed by atoms with E-state index in [4.69, 9.17) is 0 Å². The van der Waals surface area contributed by atoms with Crippen molar-refractivity contribution >= 4 is 0 Å². The molecule has 1 aliphatic heterocycles. The van der Waals surface area contributed by atoms with Gasteiger partial charge in [0.25, 0.3) is 0 Å². The maximum Gasteiger partial charge on any atom is 0.0350 e. The Bertz CT molecular complexity index is 295. The molecule has 66 valence electrons. The molecule has 2 rings (SSSR count). The minimum Gasteiger partial charge on any atom is -0.352 e. The van der Waals surface area contributed by atoms with Gasteiger partial charge in [0.2, 0.25) is 0 Å². The molecule has 0 bridgehead atoms. The molecule has 2 heterocycles. The Morgan fingerprint density at radius 2 is 2.17 bits per heavy atom. The van der Waals surface area contributed by atoms with Crippen LogP contribution in [0.25, 0.3) is 0 Å². The molecule has 1 N–H and O–H groups in total. The van der Waals surface area contributed by atoms with Crippen LogP contribution in [0.5, 0.6) is 0 Å². The Morgan fingerprint density at radius 3 is 2.50 bits per heavy atom. The van der Waals surface area contributed by atoms with Crippen LogP contribution in [0.4, 0.5) is 0 Å². The van der Waals surface area contributed by atoms with Crippen LogP contribution in [0.1, 0.15) is 29.4 Å². The first-order valence-corrected chi connectivity index (χ1v) is 4.56. The molecule has 1 aromatic heterocycles. The van der Waals surface area contributed by atoms with E-state index in [-0.39, 0.29) is 0 Å². The van der Waals surface area contributed by atoms with Crippen molar-refractivity contribution < 1.29 is 0 Å². The minimum atomic E-state index is 0.630. The van der Waals surface area contributed by atoms with Crippen molar-refractivity contribution in [1.29, 1.82) is 0 Å². The summed E-state index contributed by atoms with van der Waals surface area (Å²) < 4.78 is 2.26. The quantitative estimate of drug-likeness (QED) is 0.668. The maximum atomic E-state index is 3.43. The van der Waals surface area contributed by atoms with Crippen LogP contribution in [-0.2, 0) is 7.05 Å². The second kappa shape index (κ2) is 2.63. The van der Waals surface area contributed by atoms with Gasteiger partial charge in [0.1, 0.15) is 0 Å². The van der Waals surface area contributed by atoms with Gasteiger partial charge in [-0.1, -0.05) is 0 Å². The summed E-state index contributed by atoms with van der Waals surface area (Å²) in [5.41, 5.74) is 4.25. The van der Waals surface area contributed by atoms with E-state index in [1.807, 2.05) is 0 Å². The van der Waals surface area contributed by atoms with Crippen molar-refractivity contribution in [2.45, 2.75) is 26.3 Å². The number of hydrogen-bond acceptors (Lipinski definition) is 1. The Balaban J connectivity index is 2.36. The Morgan fingerprint density at radius 1 is 1.50 bits per heavy atom. The van der Waals surface area contributed by atoms with E-state index >= 15 is 0 Å². The van der Waals surface area contributed by atoms with Crippen LogP contribution < -0.4 is 5.32 Å². The molecule has 0 amide bonds. The molecule has 0 saturated carbocycles. The topological polar surface area (TPSA) is 17.0 Å². The molecule has 0 aliphatic carbocycles. The molecule has 12 heavy (non-hydrogen) atoms. The van der Waals surface area contributed by atoms with Gasteiger partial charge in [0.05, 0.1) is 0 Å². The van der Waals surface area contributed by atoms with Crippen molar-refractivity contribution in [1.82, 2.24) is 9.88 Å². The lowest BCUT2D eigenvalue weighted by Gasteiger charge is -2.27. The summed E-state index contributed by atoms with van der Waals surface area (Å²) in [6.07, 6.45) is 1.30. The van der Waals surface area contributed by atoms with Gasteiger partial charge in [-0.3, -0.25) is 0 Å². The average molecular weight is 164 g/mol. The van der Waals surface area contributed by atoms with E-state index in [0.29, 0.717) is 6.04 Å². The number of hydrogen-bond donors (Lipinski definition) is 1. The average Bonchev–Trinajstić information content (AvgIpc) is 2.15. The van der Waals surface area contributed by atoms with E-state index in [1.165, 1.54) is 29.9 Å². The summed E-state index contributed by atoms with van der Waals surface area (Å²) in [6, 6.07) is 2.93. The Kier molecular flexibility index (Phi) is 1.72. The van der Waals surface area contributed by atoms with E-state index in [0.717, 1.165) is 0 Å². The standard InChI is InChI=1S/C10H16N2/c1-7-6-9(8(2)12(7)3)10-4-5-11-10/h6,10-11H,4-5H2,1-3H3/t10-/m1/s1. The van der Waals surface area contributed by atoms with Crippen LogP contribution in [0.15, 0.2) is 6.07 Å². The lowest BCUT2D eigenvalue weighted by molar-refractivity contribution is 0.381. The van der Waals surface area contributed by atoms with Crippen molar-refractivity contribution in [2.75, 3.05) is 6.54 Å². The summed E-state index contributed by atoms with van der Waals surface area (Å²) in [5, 5.41) is 3.43. The molecular formula is C10H16N2. The van der Waals surface area contributed by atoms with Crippen molar-refractivity contribution in [2.24, 2.45) is 7.05 Å². The fraction of sp³-hybridized carbons (Fsp3) is 0.600. The fourth-order valence-electron chi connectivity index (χ4n) is 1.79. The molecule has 0 spiro atoms. The fourth-order valence-corrected chi connectivity index (χ4v) is 1.79. The van der Waals surface area contributed by atoms with E-state index in [2.05, 4.69) is 36.8 Å². The van der Waals surface area contributed by atoms with Gasteiger partial charge in [-0.05, 0) is 38.4 Å². The van der Waals surface area contributed by atoms with Gasteiger partial charge in [-0.15, -0.1) is 0 Å². The first-order valence-electron chi connectivity index (χ1n) is 4.56. The van der Waals surface area contributed by atoms with Crippen molar-refractivity contribution in [3.63, 3.8) is 0 Å². The van der Waals surface area contributed by atoms with Gasteiger partial charge >= 0.3 is 0 Å². The molecule has 1 aromatic rings. The maximum absolute atomic E-state index is 3.43. The number of nitrogens with zero attached hydrogens (tertiary/aromatic N) is 1. The summed E-state index contributed by atoms with van der Waals surface area (Å²) >= 11 is 0. The van der Waals surface area contributed by atoms with Crippen LogP contribution in [0.2, 0.25) is 0 Å². The second-order valence-corrected chi connectivity index (χ2v) is 3.68. The van der Waals surface area contributed by atoms with Crippen LogP contribution >= 0.6 is 0 Å². The highest BCUT2D eigenvalue weighted by molar-refractivity contribution is 5.30. The summed E-state index contributed by atoms with van der Waals surface area (Å²) in [6.45, 7) is 5.54. The highest BCUT2D eigenvalue weighted by Crippen LogP contribution is 2.27. The van der Waals surface area contributed by atoms with Crippen molar-refractivity contribution in [3.05, 3.63) is 23.0 Å². The summed E-state index contributed by atoms with van der Waals surface area (Å²) in [5.74, 6) is 0. The minimum absolute atomic E-state index is 0.630. The third-order valence-corrected chi connectivity index (χ3v) is 3.01. The lowest BCUT2D eigenvalue weighted by Crippen LogP contribution is -2.35. The Hall–Kier alpha value is -0.760. The third kappa shape index (κ3) is 0.985. The zero-order chi connectivity index (χ0) is 8.72. The molecule has 2 nitrogen and oxygen atoms in total. The molecule has 1 atom stereocenters. The molecule has 1 fully saturated rings. The molecular weight excluding hydrogens is 148 g/mol. The number of aromatic nitrogens is 1. The molecule has 0 radical (unpaired) electrons. The van der Waals surface area contributed by atoms with Gasteiger partial charge in [0.15, 0.2) is 0 Å². The third-order valence-electron chi connectivity index (χ3n) is 3.01. The molecule has 0 aromatic carbocycles. The number of rotatable bonds is 1. The number of nitrogens with one attached hydrogen (secondary N) is 1. The second-order valence-electron chi connectivity index (χ2n) is 3.68. The molecule has 0 unspecified atom stereocenters. The number of aryl methyl sites for hydroxylation is 1. The first kappa shape index (κ1) is 7.87. The lowest BCUT2D eigenvalue weighted by atomic mass is 9.98. The van der Waals surface area contributed by atoms with E-state index in [9.17, 15) is 0 Å². The van der Waals surface area contributed by atoms with Crippen LogP contribution in [0.3, 0.4) is 0 Å². The molecule has 1 aliphatic rings. The normalized spacial score (nSPS) is 22.4.